The van der Waals surface area contributed by atoms with Gasteiger partial charge in [-0.25, -0.2) is 9.78 Å². The average Bonchev–Trinajstić information content (AvgIpc) is 2.89. The summed E-state index contributed by atoms with van der Waals surface area (Å²) in [6.07, 6.45) is 6.11. The van der Waals surface area contributed by atoms with Crippen LogP contribution in [0.5, 0.6) is 0 Å². The van der Waals surface area contributed by atoms with Crippen LogP contribution in [0.15, 0.2) is 23.1 Å². The molecule has 0 aliphatic heterocycles. The molecule has 94 valence electrons. The van der Waals surface area contributed by atoms with Gasteiger partial charge < -0.3 is 10.5 Å². The predicted molar refractivity (Wildman–Crippen MR) is 66.9 cm³/mol. The zero-order valence-electron chi connectivity index (χ0n) is 9.83. The fourth-order valence-corrected chi connectivity index (χ4v) is 2.42. The highest BCUT2D eigenvalue weighted by Gasteiger charge is 2.18. The van der Waals surface area contributed by atoms with Gasteiger partial charge in [-0.1, -0.05) is 12.8 Å². The minimum atomic E-state index is -0.707. The highest BCUT2D eigenvalue weighted by molar-refractivity contribution is 5.86. The van der Waals surface area contributed by atoms with Crippen molar-refractivity contribution in [3.05, 3.63) is 28.8 Å². The van der Waals surface area contributed by atoms with E-state index in [2.05, 4.69) is 15.3 Å². The minimum absolute atomic E-state index is 0.234. The summed E-state index contributed by atoms with van der Waals surface area (Å²) >= 11 is 0. The number of aromatic nitrogens is 3. The van der Waals surface area contributed by atoms with Crippen LogP contribution in [0.4, 0.5) is 5.82 Å². The van der Waals surface area contributed by atoms with Crippen LogP contribution < -0.4 is 11.0 Å². The van der Waals surface area contributed by atoms with Crippen LogP contribution in [0.3, 0.4) is 0 Å². The second-order valence-corrected chi connectivity index (χ2v) is 4.56. The number of fused-ring (bicyclic) bond motifs is 1. The molecule has 0 atom stereocenters. The molecule has 0 radical (unpaired) electrons. The molecule has 2 aromatic rings. The van der Waals surface area contributed by atoms with Crippen LogP contribution in [0.2, 0.25) is 0 Å². The van der Waals surface area contributed by atoms with Crippen LogP contribution in [0.1, 0.15) is 25.7 Å². The average molecular weight is 246 g/mol. The molecule has 18 heavy (non-hydrogen) atoms. The zero-order chi connectivity index (χ0) is 12.5. The summed E-state index contributed by atoms with van der Waals surface area (Å²) in [6, 6.07) is 3.91. The molecule has 2 heterocycles. The van der Waals surface area contributed by atoms with E-state index in [9.17, 15) is 10.0 Å². The Hall–Kier alpha value is -2.11. The summed E-state index contributed by atoms with van der Waals surface area (Å²) in [5, 5.41) is 13.5. The van der Waals surface area contributed by atoms with Gasteiger partial charge in [0.2, 0.25) is 0 Å². The van der Waals surface area contributed by atoms with Crippen LogP contribution in [0, 0.1) is 0 Å². The normalized spacial score (nSPS) is 16.2. The second-order valence-electron chi connectivity index (χ2n) is 4.56. The van der Waals surface area contributed by atoms with Crippen molar-refractivity contribution in [1.29, 1.82) is 0 Å². The van der Waals surface area contributed by atoms with E-state index < -0.39 is 5.69 Å². The van der Waals surface area contributed by atoms with E-state index in [1.165, 1.54) is 19.0 Å². The van der Waals surface area contributed by atoms with Gasteiger partial charge in [-0.2, -0.15) is 4.98 Å². The van der Waals surface area contributed by atoms with Gasteiger partial charge in [0.25, 0.3) is 0 Å². The number of anilines is 1. The molecule has 6 heteroatoms. The Labute approximate surface area is 103 Å². The number of rotatable bonds is 2. The van der Waals surface area contributed by atoms with Gasteiger partial charge in [-0.05, 0) is 25.0 Å². The van der Waals surface area contributed by atoms with Crippen molar-refractivity contribution in [2.45, 2.75) is 31.7 Å². The molecule has 2 aromatic heterocycles. The first-order valence-corrected chi connectivity index (χ1v) is 6.09. The zero-order valence-corrected chi connectivity index (χ0v) is 9.83. The molecule has 6 nitrogen and oxygen atoms in total. The number of nitrogens with zero attached hydrogens (tertiary/aromatic N) is 3. The Balaban J connectivity index is 2.10. The lowest BCUT2D eigenvalue weighted by Crippen LogP contribution is -2.25. The third kappa shape index (κ3) is 1.79. The Morgan fingerprint density at radius 2 is 2.17 bits per heavy atom. The van der Waals surface area contributed by atoms with Gasteiger partial charge in [0.05, 0.1) is 5.39 Å². The first-order chi connectivity index (χ1) is 8.75. The van der Waals surface area contributed by atoms with E-state index >= 15 is 0 Å². The first kappa shape index (κ1) is 11.0. The molecule has 1 aliphatic carbocycles. The molecule has 2 N–H and O–H groups in total. The fraction of sp³-hybridized carbons (Fsp3) is 0.417. The molecule has 0 amide bonds. The maximum atomic E-state index is 11.5. The van der Waals surface area contributed by atoms with Crippen LogP contribution in [0.25, 0.3) is 11.0 Å². The largest absolute Gasteiger partial charge is 0.422 e. The third-order valence-electron chi connectivity index (χ3n) is 3.33. The van der Waals surface area contributed by atoms with Gasteiger partial charge in [-0.3, -0.25) is 0 Å². The molecular weight excluding hydrogens is 232 g/mol. The lowest BCUT2D eigenvalue weighted by atomic mass is 10.2. The number of pyridine rings is 1. The van der Waals surface area contributed by atoms with Crippen molar-refractivity contribution in [2.24, 2.45) is 0 Å². The fourth-order valence-electron chi connectivity index (χ4n) is 2.42. The number of hydrogen-bond donors (Lipinski definition) is 2. The van der Waals surface area contributed by atoms with Crippen LogP contribution in [-0.4, -0.2) is 25.9 Å². The second kappa shape index (κ2) is 4.29. The first-order valence-electron chi connectivity index (χ1n) is 6.09. The summed E-state index contributed by atoms with van der Waals surface area (Å²) in [7, 11) is 0. The highest BCUT2D eigenvalue weighted by Crippen LogP contribution is 2.24. The van der Waals surface area contributed by atoms with E-state index in [0.29, 0.717) is 22.0 Å². The van der Waals surface area contributed by atoms with E-state index in [1.54, 1.807) is 12.1 Å². The van der Waals surface area contributed by atoms with Gasteiger partial charge >= 0.3 is 5.69 Å². The number of nitrogens with one attached hydrogen (secondary N) is 1. The van der Waals surface area contributed by atoms with Crippen molar-refractivity contribution in [3.63, 3.8) is 0 Å². The van der Waals surface area contributed by atoms with Crippen molar-refractivity contribution >= 4 is 16.9 Å². The molecule has 0 spiro atoms. The van der Waals surface area contributed by atoms with Gasteiger partial charge in [0.15, 0.2) is 5.65 Å². The lowest BCUT2D eigenvalue weighted by Gasteiger charge is -2.14. The summed E-state index contributed by atoms with van der Waals surface area (Å²) in [6.45, 7) is 0. The number of hydrogen-bond acceptors (Lipinski definition) is 5. The SMILES string of the molecule is O=c1nc(NC2CCCC2)c2cccnc2n1O. The van der Waals surface area contributed by atoms with Crippen LogP contribution in [-0.2, 0) is 0 Å². The molecule has 1 saturated carbocycles. The molecule has 0 aromatic carbocycles. The monoisotopic (exact) mass is 246 g/mol. The summed E-state index contributed by atoms with van der Waals surface area (Å²) in [5.41, 5.74) is -0.473. The Morgan fingerprint density at radius 1 is 1.39 bits per heavy atom. The molecule has 3 rings (SSSR count). The Kier molecular flexibility index (Phi) is 2.62. The van der Waals surface area contributed by atoms with Gasteiger partial charge in [0.1, 0.15) is 5.82 Å². The summed E-state index contributed by atoms with van der Waals surface area (Å²) < 4.78 is 0.481. The Morgan fingerprint density at radius 3 is 2.94 bits per heavy atom. The topological polar surface area (TPSA) is 80.0 Å². The minimum Gasteiger partial charge on any atom is -0.422 e. The molecule has 0 saturated heterocycles. The van der Waals surface area contributed by atoms with Crippen molar-refractivity contribution in [3.8, 4) is 0 Å². The summed E-state index contributed by atoms with van der Waals surface area (Å²) in [5.74, 6) is 0.514. The quantitative estimate of drug-likeness (QED) is 0.782. The maximum Gasteiger partial charge on any atom is 0.384 e. The lowest BCUT2D eigenvalue weighted by molar-refractivity contribution is 0.182. The van der Waals surface area contributed by atoms with E-state index in [-0.39, 0.29) is 5.65 Å². The highest BCUT2D eigenvalue weighted by atomic mass is 16.5. The Bertz CT molecular complexity index is 632. The van der Waals surface area contributed by atoms with Crippen LogP contribution >= 0.6 is 0 Å². The van der Waals surface area contributed by atoms with Gasteiger partial charge in [-0.15, -0.1) is 4.73 Å². The molecule has 1 fully saturated rings. The van der Waals surface area contributed by atoms with Crippen molar-refractivity contribution in [1.82, 2.24) is 14.7 Å². The van der Waals surface area contributed by atoms with Gasteiger partial charge in [0, 0.05) is 12.2 Å². The standard InChI is InChI=1S/C12H14N4O2/c17-12-15-10(14-8-4-1-2-5-8)9-6-3-7-13-11(9)16(12)18/h3,6-8,18H,1-2,4-5H2,(H,14,15,17). The molecular formula is C12H14N4O2. The smallest absolute Gasteiger partial charge is 0.384 e. The molecule has 1 aliphatic rings. The van der Waals surface area contributed by atoms with E-state index in [0.717, 1.165) is 12.8 Å². The van der Waals surface area contributed by atoms with E-state index in [1.807, 2.05) is 0 Å². The maximum absolute atomic E-state index is 11.5. The third-order valence-corrected chi connectivity index (χ3v) is 3.33. The van der Waals surface area contributed by atoms with Crippen molar-refractivity contribution in [2.75, 3.05) is 5.32 Å². The predicted octanol–water partition coefficient (Wildman–Crippen LogP) is 1.38. The molecule has 0 bridgehead atoms. The van der Waals surface area contributed by atoms with E-state index in [4.69, 9.17) is 0 Å². The summed E-state index contributed by atoms with van der Waals surface area (Å²) in [4.78, 5) is 19.4. The molecule has 0 unspecified atom stereocenters. The van der Waals surface area contributed by atoms with Crippen molar-refractivity contribution < 1.29 is 5.21 Å².